The first kappa shape index (κ1) is 14.2. The monoisotopic (exact) mass is 302 g/mol. The van der Waals surface area contributed by atoms with Crippen LogP contribution >= 0.6 is 0 Å². The number of aryl methyl sites for hydroxylation is 1. The Labute approximate surface area is 125 Å². The zero-order valence-corrected chi connectivity index (χ0v) is 11.7. The van der Waals surface area contributed by atoms with Gasteiger partial charge in [0.25, 0.3) is 0 Å². The van der Waals surface area contributed by atoms with Crippen LogP contribution in [-0.2, 0) is 0 Å². The van der Waals surface area contributed by atoms with E-state index in [0.717, 1.165) is 11.1 Å². The van der Waals surface area contributed by atoms with E-state index in [9.17, 15) is 8.78 Å². The second-order valence-electron chi connectivity index (χ2n) is 4.63. The summed E-state index contributed by atoms with van der Waals surface area (Å²) < 4.78 is 34.0. The van der Waals surface area contributed by atoms with E-state index in [0.29, 0.717) is 17.1 Å². The minimum atomic E-state index is -2.84. The molecule has 22 heavy (non-hydrogen) atoms. The highest BCUT2D eigenvalue weighted by atomic mass is 19.3. The number of nitrogens with zero attached hydrogens (tertiary/aromatic N) is 2. The van der Waals surface area contributed by atoms with Crippen molar-refractivity contribution in [1.29, 1.82) is 0 Å². The summed E-state index contributed by atoms with van der Waals surface area (Å²) in [6.07, 6.45) is 4.97. The number of hydrogen-bond donors (Lipinski definition) is 0. The van der Waals surface area contributed by atoms with Gasteiger partial charge in [-0.2, -0.15) is 8.78 Å². The van der Waals surface area contributed by atoms with Crippen molar-refractivity contribution in [3.8, 4) is 28.5 Å². The summed E-state index contributed by atoms with van der Waals surface area (Å²) in [7, 11) is 0. The maximum Gasteiger partial charge on any atom is 0.387 e. The Bertz CT molecular complexity index is 770. The van der Waals surface area contributed by atoms with Crippen molar-refractivity contribution in [2.24, 2.45) is 0 Å². The van der Waals surface area contributed by atoms with Crippen LogP contribution in [0.1, 0.15) is 5.56 Å². The molecule has 0 aliphatic carbocycles. The van der Waals surface area contributed by atoms with Gasteiger partial charge < -0.3 is 9.15 Å². The molecule has 0 aliphatic heterocycles. The van der Waals surface area contributed by atoms with Gasteiger partial charge in [0.15, 0.2) is 0 Å². The van der Waals surface area contributed by atoms with Crippen molar-refractivity contribution in [1.82, 2.24) is 9.97 Å². The predicted molar refractivity (Wildman–Crippen MR) is 76.5 cm³/mol. The predicted octanol–water partition coefficient (Wildman–Crippen LogP) is 4.31. The Balaban J connectivity index is 1.86. The van der Waals surface area contributed by atoms with E-state index in [2.05, 4.69) is 14.7 Å². The van der Waals surface area contributed by atoms with E-state index in [1.165, 1.54) is 12.1 Å². The molecule has 1 aromatic carbocycles. The fourth-order valence-electron chi connectivity index (χ4n) is 2.04. The molecule has 3 rings (SSSR count). The standard InChI is InChI=1S/C16H12F2N2O2/c1-10-6-7-19-8-13(10)14-9-21-15(20-14)11-2-4-12(5-3-11)22-16(17)18/h2-9,16H,1H3. The number of pyridine rings is 1. The maximum absolute atomic E-state index is 12.1. The van der Waals surface area contributed by atoms with Gasteiger partial charge in [0, 0.05) is 23.5 Å². The lowest BCUT2D eigenvalue weighted by atomic mass is 10.1. The highest BCUT2D eigenvalue weighted by molar-refractivity contribution is 5.65. The molecule has 2 aromatic heterocycles. The molecule has 3 aromatic rings. The van der Waals surface area contributed by atoms with Crippen LogP contribution in [0.2, 0.25) is 0 Å². The highest BCUT2D eigenvalue weighted by Gasteiger charge is 2.11. The second kappa shape index (κ2) is 5.93. The van der Waals surface area contributed by atoms with Crippen LogP contribution in [0.15, 0.2) is 53.4 Å². The molecule has 0 spiro atoms. The number of rotatable bonds is 4. The summed E-state index contributed by atoms with van der Waals surface area (Å²) in [5, 5.41) is 0. The molecule has 6 heteroatoms. The van der Waals surface area contributed by atoms with Gasteiger partial charge in [0.05, 0.1) is 0 Å². The lowest BCUT2D eigenvalue weighted by Crippen LogP contribution is -2.01. The van der Waals surface area contributed by atoms with Gasteiger partial charge in [0.2, 0.25) is 5.89 Å². The Hall–Kier alpha value is -2.76. The minimum Gasteiger partial charge on any atom is -0.444 e. The number of hydrogen-bond acceptors (Lipinski definition) is 4. The molecule has 0 bridgehead atoms. The van der Waals surface area contributed by atoms with Gasteiger partial charge in [-0.25, -0.2) is 4.98 Å². The van der Waals surface area contributed by atoms with E-state index in [1.807, 2.05) is 13.0 Å². The van der Waals surface area contributed by atoms with Crippen molar-refractivity contribution in [3.63, 3.8) is 0 Å². The Morgan fingerprint density at radius 2 is 1.91 bits per heavy atom. The number of ether oxygens (including phenoxy) is 1. The molecule has 0 N–H and O–H groups in total. The van der Waals surface area contributed by atoms with E-state index in [4.69, 9.17) is 4.42 Å². The smallest absolute Gasteiger partial charge is 0.387 e. The zero-order valence-electron chi connectivity index (χ0n) is 11.7. The Morgan fingerprint density at radius 3 is 2.59 bits per heavy atom. The van der Waals surface area contributed by atoms with Crippen LogP contribution in [0.4, 0.5) is 8.78 Å². The average molecular weight is 302 g/mol. The van der Waals surface area contributed by atoms with Crippen LogP contribution in [0, 0.1) is 6.92 Å². The van der Waals surface area contributed by atoms with E-state index in [1.54, 1.807) is 30.8 Å². The average Bonchev–Trinajstić information content (AvgIpc) is 2.97. The fraction of sp³-hybridized carbons (Fsp3) is 0.125. The first-order valence-corrected chi connectivity index (χ1v) is 6.55. The quantitative estimate of drug-likeness (QED) is 0.720. The maximum atomic E-state index is 12.1. The summed E-state index contributed by atoms with van der Waals surface area (Å²) in [6.45, 7) is -0.880. The molecule has 0 fully saturated rings. The van der Waals surface area contributed by atoms with Gasteiger partial charge in [-0.1, -0.05) is 0 Å². The summed E-state index contributed by atoms with van der Waals surface area (Å²) in [5.41, 5.74) is 3.27. The molecule has 0 unspecified atom stereocenters. The SMILES string of the molecule is Cc1ccncc1-c1coc(-c2ccc(OC(F)F)cc2)n1. The van der Waals surface area contributed by atoms with Crippen LogP contribution in [0.5, 0.6) is 5.75 Å². The Kier molecular flexibility index (Phi) is 3.82. The van der Waals surface area contributed by atoms with E-state index >= 15 is 0 Å². The molecule has 0 amide bonds. The minimum absolute atomic E-state index is 0.0913. The first-order chi connectivity index (χ1) is 10.6. The van der Waals surface area contributed by atoms with E-state index < -0.39 is 6.61 Å². The normalized spacial score (nSPS) is 10.9. The lowest BCUT2D eigenvalue weighted by molar-refractivity contribution is -0.0498. The third-order valence-electron chi connectivity index (χ3n) is 3.15. The van der Waals surface area contributed by atoms with Crippen molar-refractivity contribution in [3.05, 3.63) is 54.6 Å². The zero-order chi connectivity index (χ0) is 15.5. The molecule has 2 heterocycles. The molecular weight excluding hydrogens is 290 g/mol. The third-order valence-corrected chi connectivity index (χ3v) is 3.15. The van der Waals surface area contributed by atoms with Gasteiger partial charge in [0.1, 0.15) is 17.7 Å². The highest BCUT2D eigenvalue weighted by Crippen LogP contribution is 2.27. The summed E-state index contributed by atoms with van der Waals surface area (Å²) in [6, 6.07) is 8.01. The molecule has 0 saturated heterocycles. The number of alkyl halides is 2. The molecule has 0 saturated carbocycles. The number of oxazole rings is 1. The van der Waals surface area contributed by atoms with Crippen LogP contribution in [0.3, 0.4) is 0 Å². The number of aromatic nitrogens is 2. The molecule has 0 aliphatic rings. The summed E-state index contributed by atoms with van der Waals surface area (Å²) >= 11 is 0. The van der Waals surface area contributed by atoms with Gasteiger partial charge >= 0.3 is 6.61 Å². The van der Waals surface area contributed by atoms with Crippen molar-refractivity contribution in [2.45, 2.75) is 13.5 Å². The number of benzene rings is 1. The molecular formula is C16H12F2N2O2. The number of halogens is 2. The molecule has 112 valence electrons. The van der Waals surface area contributed by atoms with Crippen LogP contribution in [-0.4, -0.2) is 16.6 Å². The van der Waals surface area contributed by atoms with Gasteiger partial charge in [-0.05, 0) is 42.8 Å². The Morgan fingerprint density at radius 1 is 1.14 bits per heavy atom. The van der Waals surface area contributed by atoms with E-state index in [-0.39, 0.29) is 5.75 Å². The fourth-order valence-corrected chi connectivity index (χ4v) is 2.04. The van der Waals surface area contributed by atoms with Crippen LogP contribution in [0.25, 0.3) is 22.7 Å². The summed E-state index contributed by atoms with van der Waals surface area (Å²) in [4.78, 5) is 8.48. The first-order valence-electron chi connectivity index (χ1n) is 6.55. The van der Waals surface area contributed by atoms with Gasteiger partial charge in [-0.15, -0.1) is 0 Å². The summed E-state index contributed by atoms with van der Waals surface area (Å²) in [5.74, 6) is 0.496. The van der Waals surface area contributed by atoms with Crippen molar-refractivity contribution in [2.75, 3.05) is 0 Å². The largest absolute Gasteiger partial charge is 0.444 e. The lowest BCUT2D eigenvalue weighted by Gasteiger charge is -2.04. The van der Waals surface area contributed by atoms with Gasteiger partial charge in [-0.3, -0.25) is 4.98 Å². The topological polar surface area (TPSA) is 48.2 Å². The van der Waals surface area contributed by atoms with Crippen molar-refractivity contribution < 1.29 is 17.9 Å². The second-order valence-corrected chi connectivity index (χ2v) is 4.63. The molecule has 0 radical (unpaired) electrons. The third kappa shape index (κ3) is 2.95. The van der Waals surface area contributed by atoms with Crippen molar-refractivity contribution >= 4 is 0 Å². The molecule has 0 atom stereocenters. The van der Waals surface area contributed by atoms with Crippen LogP contribution < -0.4 is 4.74 Å². The molecule has 4 nitrogen and oxygen atoms in total.